The second-order valence-corrected chi connectivity index (χ2v) is 4.36. The van der Waals surface area contributed by atoms with Crippen molar-refractivity contribution < 1.29 is 13.5 Å². The molecule has 0 aliphatic rings. The summed E-state index contributed by atoms with van der Waals surface area (Å²) in [5.74, 6) is 0.776. The lowest BCUT2D eigenvalue weighted by atomic mass is 10.3. The summed E-state index contributed by atoms with van der Waals surface area (Å²) in [5.41, 5.74) is 6.13. The van der Waals surface area contributed by atoms with E-state index >= 15 is 0 Å². The van der Waals surface area contributed by atoms with E-state index in [2.05, 4.69) is 15.3 Å². The topological polar surface area (TPSA) is 81.8 Å². The number of rotatable bonds is 4. The predicted octanol–water partition coefficient (Wildman–Crippen LogP) is 2.67. The number of aromatic nitrogens is 4. The Morgan fingerprint density at radius 1 is 1.33 bits per heavy atom. The van der Waals surface area contributed by atoms with Gasteiger partial charge in [-0.1, -0.05) is 0 Å². The number of nitrogens with zero attached hydrogens (tertiary/aromatic N) is 3. The molecule has 110 valence electrons. The normalized spacial score (nSPS) is 11.4. The van der Waals surface area contributed by atoms with Crippen LogP contribution in [0.3, 0.4) is 0 Å². The number of fused-ring (bicyclic) bond motifs is 1. The minimum Gasteiger partial charge on any atom is -0.494 e. The lowest BCUT2D eigenvalue weighted by Gasteiger charge is -2.05. The number of hydrogen-bond donors (Lipinski definition) is 2. The van der Waals surface area contributed by atoms with Crippen molar-refractivity contribution in [3.8, 4) is 11.4 Å². The van der Waals surface area contributed by atoms with E-state index in [1.165, 1.54) is 4.68 Å². The van der Waals surface area contributed by atoms with E-state index in [1.54, 1.807) is 24.3 Å². The largest absolute Gasteiger partial charge is 0.494 e. The van der Waals surface area contributed by atoms with Gasteiger partial charge in [0.05, 0.1) is 17.7 Å². The average molecular weight is 293 g/mol. The molecule has 0 aliphatic heterocycles. The number of hydrogen-bond acceptors (Lipinski definition) is 4. The maximum Gasteiger partial charge on any atom is 0.282 e. The second-order valence-electron chi connectivity index (χ2n) is 4.36. The minimum absolute atomic E-state index is 0.0810. The summed E-state index contributed by atoms with van der Waals surface area (Å²) in [6.45, 7) is 2.43. The van der Waals surface area contributed by atoms with E-state index < -0.39 is 6.43 Å². The third-order valence-corrected chi connectivity index (χ3v) is 3.04. The first-order chi connectivity index (χ1) is 10.1. The molecule has 3 aromatic rings. The van der Waals surface area contributed by atoms with Gasteiger partial charge in [0.2, 0.25) is 0 Å². The molecule has 0 bridgehead atoms. The number of halogens is 2. The molecule has 2 aromatic heterocycles. The van der Waals surface area contributed by atoms with Crippen molar-refractivity contribution in [1.82, 2.24) is 20.0 Å². The van der Waals surface area contributed by atoms with E-state index in [-0.39, 0.29) is 22.5 Å². The van der Waals surface area contributed by atoms with Crippen LogP contribution in [0.4, 0.5) is 14.6 Å². The Labute approximate surface area is 118 Å². The van der Waals surface area contributed by atoms with Crippen LogP contribution in [0, 0.1) is 0 Å². The molecule has 3 rings (SSSR count). The van der Waals surface area contributed by atoms with E-state index in [9.17, 15) is 8.78 Å². The maximum absolute atomic E-state index is 13.1. The first-order valence-corrected chi connectivity index (χ1v) is 6.35. The van der Waals surface area contributed by atoms with Crippen LogP contribution in [0.2, 0.25) is 0 Å². The number of benzene rings is 1. The van der Waals surface area contributed by atoms with Crippen LogP contribution in [-0.2, 0) is 0 Å². The highest BCUT2D eigenvalue weighted by Gasteiger charge is 2.23. The summed E-state index contributed by atoms with van der Waals surface area (Å²) in [4.78, 5) is 0. The fourth-order valence-corrected chi connectivity index (χ4v) is 2.14. The quantitative estimate of drug-likeness (QED) is 0.774. The van der Waals surface area contributed by atoms with Crippen LogP contribution < -0.4 is 10.5 Å². The third kappa shape index (κ3) is 2.18. The molecule has 3 N–H and O–H groups in total. The molecule has 8 heteroatoms. The van der Waals surface area contributed by atoms with Crippen molar-refractivity contribution in [2.75, 3.05) is 12.3 Å². The van der Waals surface area contributed by atoms with Crippen LogP contribution in [0.25, 0.3) is 16.7 Å². The monoisotopic (exact) mass is 293 g/mol. The smallest absolute Gasteiger partial charge is 0.282 e. The molecule has 0 saturated carbocycles. The molecule has 0 spiro atoms. The van der Waals surface area contributed by atoms with Crippen LogP contribution in [-0.4, -0.2) is 26.6 Å². The molecule has 2 heterocycles. The Bertz CT molecular complexity index is 763. The number of nitrogens with one attached hydrogen (secondary N) is 1. The summed E-state index contributed by atoms with van der Waals surface area (Å²) < 4.78 is 32.8. The highest BCUT2D eigenvalue weighted by atomic mass is 19.3. The molecular formula is C13H13F2N5O. The molecule has 0 radical (unpaired) electrons. The molecule has 1 aromatic carbocycles. The van der Waals surface area contributed by atoms with Crippen molar-refractivity contribution in [3.63, 3.8) is 0 Å². The number of ether oxygens (including phenoxy) is 1. The van der Waals surface area contributed by atoms with Gasteiger partial charge in [0.25, 0.3) is 6.43 Å². The van der Waals surface area contributed by atoms with Gasteiger partial charge in [-0.15, -0.1) is 0 Å². The Hall–Kier alpha value is -2.64. The first-order valence-electron chi connectivity index (χ1n) is 6.35. The first kappa shape index (κ1) is 13.3. The van der Waals surface area contributed by atoms with Gasteiger partial charge in [0, 0.05) is 0 Å². The van der Waals surface area contributed by atoms with Gasteiger partial charge in [-0.25, -0.2) is 13.5 Å². The van der Waals surface area contributed by atoms with Crippen molar-refractivity contribution in [1.29, 1.82) is 0 Å². The molecule has 0 fully saturated rings. The van der Waals surface area contributed by atoms with Crippen molar-refractivity contribution in [2.24, 2.45) is 0 Å². The Morgan fingerprint density at radius 2 is 2.05 bits per heavy atom. The van der Waals surface area contributed by atoms with Gasteiger partial charge >= 0.3 is 0 Å². The van der Waals surface area contributed by atoms with E-state index in [1.807, 2.05) is 6.92 Å². The molecule has 0 atom stereocenters. The summed E-state index contributed by atoms with van der Waals surface area (Å²) in [7, 11) is 0. The molecule has 0 saturated heterocycles. The summed E-state index contributed by atoms with van der Waals surface area (Å²) in [6.07, 6.45) is -2.73. The third-order valence-electron chi connectivity index (χ3n) is 3.04. The fourth-order valence-electron chi connectivity index (χ4n) is 2.14. The Kier molecular flexibility index (Phi) is 3.20. The second kappa shape index (κ2) is 5.04. The van der Waals surface area contributed by atoms with Crippen LogP contribution >= 0.6 is 0 Å². The predicted molar refractivity (Wildman–Crippen MR) is 73.8 cm³/mol. The standard InChI is InChI=1S/C13H13F2N5O/c1-2-21-8-5-3-7(4-6-8)20-13-9(12(16)17-18-13)10(19-20)11(14)15/h3-6,11H,2H2,1H3,(H3,16,17,18). The summed E-state index contributed by atoms with van der Waals surface area (Å²) in [5, 5.41) is 10.5. The van der Waals surface area contributed by atoms with Crippen molar-refractivity contribution >= 4 is 16.9 Å². The van der Waals surface area contributed by atoms with Gasteiger partial charge in [-0.05, 0) is 31.2 Å². The molecule has 6 nitrogen and oxygen atoms in total. The summed E-state index contributed by atoms with van der Waals surface area (Å²) in [6, 6.07) is 6.92. The average Bonchev–Trinajstić information content (AvgIpc) is 3.02. The zero-order valence-corrected chi connectivity index (χ0v) is 11.2. The number of H-pyrrole nitrogens is 1. The number of alkyl halides is 2. The van der Waals surface area contributed by atoms with Crippen molar-refractivity contribution in [3.05, 3.63) is 30.0 Å². The minimum atomic E-state index is -2.73. The van der Waals surface area contributed by atoms with Gasteiger partial charge in [0.15, 0.2) is 5.65 Å². The van der Waals surface area contributed by atoms with Gasteiger partial charge in [-0.3, -0.25) is 5.10 Å². The van der Waals surface area contributed by atoms with Crippen LogP contribution in [0.5, 0.6) is 5.75 Å². The highest BCUT2D eigenvalue weighted by molar-refractivity contribution is 5.90. The molecule has 0 amide bonds. The SMILES string of the molecule is CCOc1ccc(-n2nc(C(F)F)c3c(N)[nH]nc32)cc1. The molecule has 0 unspecified atom stereocenters. The number of anilines is 1. The number of nitrogen functional groups attached to an aromatic ring is 1. The fraction of sp³-hybridized carbons (Fsp3) is 0.231. The van der Waals surface area contributed by atoms with E-state index in [4.69, 9.17) is 10.5 Å². The zero-order chi connectivity index (χ0) is 15.0. The molecular weight excluding hydrogens is 280 g/mol. The van der Waals surface area contributed by atoms with Crippen LogP contribution in [0.15, 0.2) is 24.3 Å². The Morgan fingerprint density at radius 3 is 2.67 bits per heavy atom. The Balaban J connectivity index is 2.11. The highest BCUT2D eigenvalue weighted by Crippen LogP contribution is 2.31. The zero-order valence-electron chi connectivity index (χ0n) is 11.2. The maximum atomic E-state index is 13.1. The van der Waals surface area contributed by atoms with Crippen LogP contribution in [0.1, 0.15) is 19.0 Å². The molecule has 21 heavy (non-hydrogen) atoms. The summed E-state index contributed by atoms with van der Waals surface area (Å²) >= 11 is 0. The molecule has 0 aliphatic carbocycles. The van der Waals surface area contributed by atoms with Gasteiger partial charge in [0.1, 0.15) is 17.3 Å². The van der Waals surface area contributed by atoms with Gasteiger partial charge in [-0.2, -0.15) is 10.2 Å². The van der Waals surface area contributed by atoms with E-state index in [0.29, 0.717) is 18.0 Å². The number of aromatic amines is 1. The van der Waals surface area contributed by atoms with Gasteiger partial charge < -0.3 is 10.5 Å². The number of nitrogens with two attached hydrogens (primary N) is 1. The lowest BCUT2D eigenvalue weighted by molar-refractivity contribution is 0.147. The van der Waals surface area contributed by atoms with E-state index in [0.717, 1.165) is 0 Å². The van der Waals surface area contributed by atoms with Crippen molar-refractivity contribution in [2.45, 2.75) is 13.3 Å². The lowest BCUT2D eigenvalue weighted by Crippen LogP contribution is -1.99.